The summed E-state index contributed by atoms with van der Waals surface area (Å²) in [4.78, 5) is 0. The molecule has 0 saturated heterocycles. The molecular weight excluding hydrogens is 280 g/mol. The van der Waals surface area contributed by atoms with Crippen LogP contribution in [0.2, 0.25) is 0 Å². The number of aliphatic hydroxyl groups is 1. The zero-order valence-electron chi connectivity index (χ0n) is 12.4. The third kappa shape index (κ3) is 3.40. The minimum Gasteiger partial charge on any atom is -0.494 e. The summed E-state index contributed by atoms with van der Waals surface area (Å²) in [7, 11) is 0. The molecule has 3 rings (SSSR count). The molecule has 1 atom stereocenters. The lowest BCUT2D eigenvalue weighted by molar-refractivity contribution is 0.125. The average Bonchev–Trinajstić information content (AvgIpc) is 2.57. The molecule has 2 aromatic carbocycles. The summed E-state index contributed by atoms with van der Waals surface area (Å²) in [5.41, 5.74) is 1.82. The predicted octanol–water partition coefficient (Wildman–Crippen LogP) is 3.88. The topological polar surface area (TPSA) is 47.9 Å². The van der Waals surface area contributed by atoms with E-state index in [1.807, 2.05) is 48.5 Å². The molecule has 0 aliphatic carbocycles. The molecule has 1 unspecified atom stereocenters. The molecular formula is C18H18O4. The molecule has 1 N–H and O–H groups in total. The van der Waals surface area contributed by atoms with Gasteiger partial charge in [0.25, 0.3) is 0 Å². The Hall–Kier alpha value is -2.46. The first kappa shape index (κ1) is 14.5. The van der Waals surface area contributed by atoms with Gasteiger partial charge in [0.05, 0.1) is 6.10 Å². The highest BCUT2D eigenvalue weighted by molar-refractivity contribution is 5.60. The quantitative estimate of drug-likeness (QED) is 0.930. The number of rotatable bonds is 4. The van der Waals surface area contributed by atoms with Crippen molar-refractivity contribution >= 4 is 5.76 Å². The highest BCUT2D eigenvalue weighted by atomic mass is 16.6. The van der Waals surface area contributed by atoms with Crippen molar-refractivity contribution in [3.05, 3.63) is 65.9 Å². The summed E-state index contributed by atoms with van der Waals surface area (Å²) in [5, 5.41) is 9.49. The molecule has 0 saturated carbocycles. The van der Waals surface area contributed by atoms with Crippen molar-refractivity contribution in [3.8, 4) is 11.5 Å². The summed E-state index contributed by atoms with van der Waals surface area (Å²) in [5.74, 6) is 2.21. The Morgan fingerprint density at radius 3 is 2.14 bits per heavy atom. The lowest BCUT2D eigenvalue weighted by atomic mass is 10.1. The largest absolute Gasteiger partial charge is 0.494 e. The van der Waals surface area contributed by atoms with Crippen LogP contribution in [0, 0.1) is 0 Å². The van der Waals surface area contributed by atoms with E-state index in [0.717, 1.165) is 28.4 Å². The molecule has 0 aromatic heterocycles. The maximum Gasteiger partial charge on any atom is 0.161 e. The van der Waals surface area contributed by atoms with Crippen LogP contribution in [0.3, 0.4) is 0 Å². The zero-order chi connectivity index (χ0) is 15.4. The third-order valence-electron chi connectivity index (χ3n) is 3.39. The van der Waals surface area contributed by atoms with E-state index in [0.29, 0.717) is 13.2 Å². The summed E-state index contributed by atoms with van der Waals surface area (Å²) in [6, 6.07) is 15.0. The molecule has 1 aliphatic heterocycles. The summed E-state index contributed by atoms with van der Waals surface area (Å²) >= 11 is 0. The molecule has 0 spiro atoms. The molecule has 0 radical (unpaired) electrons. The minimum atomic E-state index is -0.473. The maximum atomic E-state index is 9.49. The van der Waals surface area contributed by atoms with Gasteiger partial charge in [-0.05, 0) is 48.9 Å². The Morgan fingerprint density at radius 2 is 1.59 bits per heavy atom. The molecule has 1 heterocycles. The van der Waals surface area contributed by atoms with Crippen LogP contribution in [0.25, 0.3) is 5.76 Å². The van der Waals surface area contributed by atoms with Gasteiger partial charge in [-0.2, -0.15) is 0 Å². The van der Waals surface area contributed by atoms with Crippen LogP contribution in [0.4, 0.5) is 0 Å². The highest BCUT2D eigenvalue weighted by Gasteiger charge is 2.08. The van der Waals surface area contributed by atoms with Gasteiger partial charge in [0.15, 0.2) is 5.76 Å². The molecule has 0 fully saturated rings. The van der Waals surface area contributed by atoms with E-state index >= 15 is 0 Å². The van der Waals surface area contributed by atoms with Gasteiger partial charge in [-0.3, -0.25) is 0 Å². The van der Waals surface area contributed by atoms with Crippen molar-refractivity contribution in [1.29, 1.82) is 0 Å². The number of benzene rings is 2. The van der Waals surface area contributed by atoms with E-state index in [1.165, 1.54) is 0 Å². The van der Waals surface area contributed by atoms with Crippen molar-refractivity contribution in [2.45, 2.75) is 13.0 Å². The van der Waals surface area contributed by atoms with Gasteiger partial charge in [-0.15, -0.1) is 0 Å². The molecule has 0 amide bonds. The van der Waals surface area contributed by atoms with Gasteiger partial charge >= 0.3 is 0 Å². The van der Waals surface area contributed by atoms with Crippen LogP contribution in [-0.4, -0.2) is 18.3 Å². The molecule has 4 nitrogen and oxygen atoms in total. The third-order valence-corrected chi connectivity index (χ3v) is 3.39. The van der Waals surface area contributed by atoms with Crippen LogP contribution in [-0.2, 0) is 9.47 Å². The Balaban J connectivity index is 1.69. The van der Waals surface area contributed by atoms with Crippen LogP contribution in [0.15, 0.2) is 54.8 Å². The first-order valence-corrected chi connectivity index (χ1v) is 7.23. The lowest BCUT2D eigenvalue weighted by Gasteiger charge is -2.16. The standard InChI is InChI=1S/C18H18O4/c1-13(19)14-2-6-16(7-3-14)22-17-8-4-15(5-9-17)18-12-20-10-11-21-18/h2-9,12-13,19H,10-11H2,1H3. The van der Waals surface area contributed by atoms with Crippen molar-refractivity contribution in [3.63, 3.8) is 0 Å². The van der Waals surface area contributed by atoms with E-state index in [9.17, 15) is 5.11 Å². The Kier molecular flexibility index (Phi) is 4.30. The van der Waals surface area contributed by atoms with Crippen molar-refractivity contribution in [2.75, 3.05) is 13.2 Å². The Labute approximate surface area is 129 Å². The fraction of sp³-hybridized carbons (Fsp3) is 0.222. The second-order valence-electron chi connectivity index (χ2n) is 5.07. The first-order valence-electron chi connectivity index (χ1n) is 7.23. The highest BCUT2D eigenvalue weighted by Crippen LogP contribution is 2.26. The van der Waals surface area contributed by atoms with Gasteiger partial charge in [-0.25, -0.2) is 0 Å². The molecule has 0 bridgehead atoms. The fourth-order valence-corrected chi connectivity index (χ4v) is 2.16. The van der Waals surface area contributed by atoms with Crippen LogP contribution < -0.4 is 4.74 Å². The van der Waals surface area contributed by atoms with Gasteiger partial charge in [-0.1, -0.05) is 12.1 Å². The van der Waals surface area contributed by atoms with Crippen molar-refractivity contribution in [1.82, 2.24) is 0 Å². The van der Waals surface area contributed by atoms with Crippen LogP contribution in [0.5, 0.6) is 11.5 Å². The van der Waals surface area contributed by atoms with Gasteiger partial charge < -0.3 is 19.3 Å². The van der Waals surface area contributed by atoms with E-state index in [4.69, 9.17) is 14.2 Å². The Morgan fingerprint density at radius 1 is 0.955 bits per heavy atom. The molecule has 2 aromatic rings. The van der Waals surface area contributed by atoms with E-state index in [1.54, 1.807) is 13.2 Å². The molecule has 114 valence electrons. The van der Waals surface area contributed by atoms with E-state index in [-0.39, 0.29) is 0 Å². The summed E-state index contributed by atoms with van der Waals surface area (Å²) in [6.45, 7) is 2.90. The number of hydrogen-bond donors (Lipinski definition) is 1. The SMILES string of the molecule is CC(O)c1ccc(Oc2ccc(C3=COCCO3)cc2)cc1. The van der Waals surface area contributed by atoms with Gasteiger partial charge in [0, 0.05) is 5.56 Å². The number of hydrogen-bond acceptors (Lipinski definition) is 4. The number of ether oxygens (including phenoxy) is 3. The molecule has 4 heteroatoms. The summed E-state index contributed by atoms with van der Waals surface area (Å²) < 4.78 is 16.6. The van der Waals surface area contributed by atoms with Gasteiger partial charge in [0.1, 0.15) is 31.0 Å². The maximum absolute atomic E-state index is 9.49. The van der Waals surface area contributed by atoms with E-state index < -0.39 is 6.10 Å². The van der Waals surface area contributed by atoms with Gasteiger partial charge in [0.2, 0.25) is 0 Å². The second kappa shape index (κ2) is 6.54. The van der Waals surface area contributed by atoms with E-state index in [2.05, 4.69) is 0 Å². The summed E-state index contributed by atoms with van der Waals surface area (Å²) in [6.07, 6.45) is 1.16. The monoisotopic (exact) mass is 298 g/mol. The normalized spacial score (nSPS) is 15.3. The average molecular weight is 298 g/mol. The fourth-order valence-electron chi connectivity index (χ4n) is 2.16. The second-order valence-corrected chi connectivity index (χ2v) is 5.07. The van der Waals surface area contributed by atoms with Crippen molar-refractivity contribution < 1.29 is 19.3 Å². The minimum absolute atomic E-state index is 0.473. The smallest absolute Gasteiger partial charge is 0.161 e. The number of aliphatic hydroxyl groups excluding tert-OH is 1. The van der Waals surface area contributed by atoms with Crippen molar-refractivity contribution in [2.24, 2.45) is 0 Å². The molecule has 22 heavy (non-hydrogen) atoms. The van der Waals surface area contributed by atoms with Crippen LogP contribution >= 0.6 is 0 Å². The predicted molar refractivity (Wildman–Crippen MR) is 83.5 cm³/mol. The molecule has 1 aliphatic rings. The zero-order valence-corrected chi connectivity index (χ0v) is 12.4. The first-order chi connectivity index (χ1) is 10.7. The lowest BCUT2D eigenvalue weighted by Crippen LogP contribution is -2.07. The van der Waals surface area contributed by atoms with Crippen LogP contribution in [0.1, 0.15) is 24.2 Å². The Bertz CT molecular complexity index is 642.